The normalized spacial score (nSPS) is 11.9. The van der Waals surface area contributed by atoms with Crippen molar-refractivity contribution in [1.29, 1.82) is 0 Å². The van der Waals surface area contributed by atoms with Crippen molar-refractivity contribution < 1.29 is 23.8 Å². The molecule has 0 aliphatic rings. The third-order valence-electron chi connectivity index (χ3n) is 8.28. The zero-order valence-electron chi connectivity index (χ0n) is 31.6. The number of hydrogen-bond acceptors (Lipinski definition) is 5. The zero-order valence-corrected chi connectivity index (χ0v) is 32.5. The maximum Gasteiger partial charge on any atom is 0.412 e. The number of amides is 2. The van der Waals surface area contributed by atoms with Crippen LogP contribution in [0.2, 0.25) is 0 Å². The predicted octanol–water partition coefficient (Wildman–Crippen LogP) is 10.4. The minimum Gasteiger partial charge on any atom is -0.493 e. The summed E-state index contributed by atoms with van der Waals surface area (Å²) in [5, 5.41) is 9.85. The summed E-state index contributed by atoms with van der Waals surface area (Å²) in [6.07, 6.45) is 3.94. The molecule has 4 aromatic rings. The Morgan fingerprint density at radius 3 is 1.43 bits per heavy atom. The second-order valence-electron chi connectivity index (χ2n) is 15.1. The predicted molar refractivity (Wildman–Crippen MR) is 214 cm³/mol. The molecule has 0 saturated carbocycles. The molecule has 0 saturated heterocycles. The number of carbonyl (C=O) groups is 2. The van der Waals surface area contributed by atoms with Gasteiger partial charge in [-0.15, -0.1) is 0 Å². The molecule has 0 atom stereocenters. The Bertz CT molecular complexity index is 1600. The lowest BCUT2D eigenvalue weighted by molar-refractivity contribution is 0.0620. The maximum absolute atomic E-state index is 12.8. The van der Waals surface area contributed by atoms with Crippen LogP contribution in [0.25, 0.3) is 0 Å². The van der Waals surface area contributed by atoms with Crippen LogP contribution in [0, 0.1) is 0 Å². The largest absolute Gasteiger partial charge is 0.493 e. The van der Waals surface area contributed by atoms with Crippen LogP contribution in [0.5, 0.6) is 5.75 Å². The number of anilines is 2. The molecule has 0 bridgehead atoms. The van der Waals surface area contributed by atoms with E-state index in [1.807, 2.05) is 6.07 Å². The topological polar surface area (TPSA) is 85.9 Å². The average molecular weight is 712 g/mol. The first kappa shape index (κ1) is 39.4. The molecule has 4 rings (SSSR count). The molecule has 2 N–H and O–H groups in total. The molecule has 0 aliphatic heterocycles. The summed E-state index contributed by atoms with van der Waals surface area (Å²) in [5.41, 5.74) is 0.329. The Labute approximate surface area is 305 Å². The number of carbonyl (C=O) groups excluding carboxylic acids is 2. The van der Waals surface area contributed by atoms with Gasteiger partial charge in [-0.1, -0.05) is 68.4 Å². The monoisotopic (exact) mass is 711 g/mol. The highest BCUT2D eigenvalue weighted by Gasteiger charge is 2.44. The second kappa shape index (κ2) is 17.7. The Hall–Kier alpha value is -4.35. The van der Waals surface area contributed by atoms with Crippen LogP contribution in [0.15, 0.2) is 103 Å². The van der Waals surface area contributed by atoms with Gasteiger partial charge in [0, 0.05) is 6.07 Å². The van der Waals surface area contributed by atoms with E-state index in [1.165, 1.54) is 15.9 Å². The van der Waals surface area contributed by atoms with Crippen LogP contribution >= 0.6 is 7.26 Å². The Kier molecular flexibility index (Phi) is 13.7. The lowest BCUT2D eigenvalue weighted by Crippen LogP contribution is -2.33. The molecule has 51 heavy (non-hydrogen) atoms. The molecule has 2 amide bonds. The SMILES string of the molecule is CC(C)c1cc(NC(=O)OC(C)(C)C)c(NC(=O)OC(C)(C)C)cc1OCCCCCC[P+](c1ccccc1)(c1ccccc1)c1ccccc1. The fourth-order valence-electron chi connectivity index (χ4n) is 6.08. The van der Waals surface area contributed by atoms with Crippen molar-refractivity contribution in [3.63, 3.8) is 0 Å². The van der Waals surface area contributed by atoms with E-state index in [0.717, 1.165) is 37.4 Å². The third-order valence-corrected chi connectivity index (χ3v) is 12.8. The van der Waals surface area contributed by atoms with Crippen LogP contribution in [-0.4, -0.2) is 36.2 Å². The van der Waals surface area contributed by atoms with Crippen molar-refractivity contribution in [2.75, 3.05) is 23.4 Å². The van der Waals surface area contributed by atoms with Gasteiger partial charge in [0.25, 0.3) is 0 Å². The summed E-state index contributed by atoms with van der Waals surface area (Å²) in [7, 11) is -1.85. The first-order valence-electron chi connectivity index (χ1n) is 18.0. The number of benzene rings is 4. The molecule has 0 aliphatic carbocycles. The maximum atomic E-state index is 12.8. The molecule has 0 spiro atoms. The Morgan fingerprint density at radius 1 is 0.608 bits per heavy atom. The molecule has 0 unspecified atom stereocenters. The van der Waals surface area contributed by atoms with Gasteiger partial charge in [-0.05, 0) is 121 Å². The van der Waals surface area contributed by atoms with Crippen LogP contribution in [0.4, 0.5) is 21.0 Å². The van der Waals surface area contributed by atoms with Gasteiger partial charge in [0.1, 0.15) is 40.1 Å². The Morgan fingerprint density at radius 2 is 1.02 bits per heavy atom. The molecule has 8 heteroatoms. The number of hydrogen-bond donors (Lipinski definition) is 2. The van der Waals surface area contributed by atoms with Crippen LogP contribution in [0.3, 0.4) is 0 Å². The fourth-order valence-corrected chi connectivity index (χ4v) is 10.5. The van der Waals surface area contributed by atoms with E-state index < -0.39 is 30.7 Å². The van der Waals surface area contributed by atoms with E-state index >= 15 is 0 Å². The number of rotatable bonds is 14. The van der Waals surface area contributed by atoms with E-state index in [0.29, 0.717) is 23.7 Å². The molecule has 0 heterocycles. The van der Waals surface area contributed by atoms with Gasteiger partial charge in [-0.3, -0.25) is 10.6 Å². The van der Waals surface area contributed by atoms with E-state index in [4.69, 9.17) is 14.2 Å². The molecular weight excluding hydrogens is 655 g/mol. The van der Waals surface area contributed by atoms with Crippen molar-refractivity contribution in [3.8, 4) is 5.75 Å². The van der Waals surface area contributed by atoms with Gasteiger partial charge >= 0.3 is 12.2 Å². The van der Waals surface area contributed by atoms with E-state index in [9.17, 15) is 9.59 Å². The Balaban J connectivity index is 1.47. The molecule has 4 aromatic carbocycles. The van der Waals surface area contributed by atoms with Crippen LogP contribution in [0.1, 0.15) is 92.6 Å². The fraction of sp³-hybridized carbons (Fsp3) is 0.395. The molecule has 7 nitrogen and oxygen atoms in total. The van der Waals surface area contributed by atoms with E-state index in [1.54, 1.807) is 47.6 Å². The average Bonchev–Trinajstić information content (AvgIpc) is 3.06. The van der Waals surface area contributed by atoms with Crippen LogP contribution in [-0.2, 0) is 9.47 Å². The van der Waals surface area contributed by atoms with Crippen molar-refractivity contribution >= 4 is 46.7 Å². The highest BCUT2D eigenvalue weighted by molar-refractivity contribution is 7.95. The van der Waals surface area contributed by atoms with Crippen molar-refractivity contribution in [2.24, 2.45) is 0 Å². The zero-order chi connectivity index (χ0) is 37.1. The van der Waals surface area contributed by atoms with Crippen molar-refractivity contribution in [1.82, 2.24) is 0 Å². The summed E-state index contributed by atoms with van der Waals surface area (Å²) >= 11 is 0. The van der Waals surface area contributed by atoms with Gasteiger partial charge in [-0.25, -0.2) is 9.59 Å². The second-order valence-corrected chi connectivity index (χ2v) is 18.8. The third kappa shape index (κ3) is 11.6. The highest BCUT2D eigenvalue weighted by atomic mass is 31.2. The van der Waals surface area contributed by atoms with E-state index in [-0.39, 0.29) is 5.92 Å². The van der Waals surface area contributed by atoms with Gasteiger partial charge in [0.05, 0.1) is 24.1 Å². The van der Waals surface area contributed by atoms with Gasteiger partial charge < -0.3 is 14.2 Å². The molecular formula is C43H56N2O5P+. The summed E-state index contributed by atoms with van der Waals surface area (Å²) in [4.78, 5) is 25.6. The minimum atomic E-state index is -1.85. The first-order valence-corrected chi connectivity index (χ1v) is 20.0. The quantitative estimate of drug-likeness (QED) is 0.100. The molecule has 0 aromatic heterocycles. The lowest BCUT2D eigenvalue weighted by atomic mass is 10.0. The summed E-state index contributed by atoms with van der Waals surface area (Å²) in [5.74, 6) is 0.758. The van der Waals surface area contributed by atoms with Crippen molar-refractivity contribution in [2.45, 2.75) is 98.2 Å². The minimum absolute atomic E-state index is 0.0980. The standard InChI is InChI=1S/C43H55N2O5P/c1-32(2)36-30-37(44-40(46)49-42(3,4)5)38(45-41(47)50-43(6,7)8)31-39(36)48-28-20-9-10-21-29-51(33-22-14-11-15-23-33,34-24-16-12-17-25-34)35-26-18-13-19-27-35/h11-19,22-27,30-32H,9-10,20-21,28-29H2,1-8H3,(H-,44,45,46,47)/p+1. The highest BCUT2D eigenvalue weighted by Crippen LogP contribution is 2.56. The first-order chi connectivity index (χ1) is 24.2. The smallest absolute Gasteiger partial charge is 0.412 e. The molecule has 272 valence electrons. The number of nitrogens with one attached hydrogen (secondary N) is 2. The van der Waals surface area contributed by atoms with Gasteiger partial charge in [-0.2, -0.15) is 0 Å². The van der Waals surface area contributed by atoms with Crippen LogP contribution < -0.4 is 31.3 Å². The van der Waals surface area contributed by atoms with Crippen molar-refractivity contribution in [3.05, 3.63) is 109 Å². The summed E-state index contributed by atoms with van der Waals surface area (Å²) in [6.45, 7) is 15.5. The van der Waals surface area contributed by atoms with Gasteiger partial charge in [0.15, 0.2) is 0 Å². The lowest BCUT2D eigenvalue weighted by Gasteiger charge is -2.27. The van der Waals surface area contributed by atoms with E-state index in [2.05, 4.69) is 115 Å². The number of unbranched alkanes of at least 4 members (excludes halogenated alkanes) is 3. The number of ether oxygens (including phenoxy) is 3. The summed E-state index contributed by atoms with van der Waals surface area (Å²) in [6, 6.07) is 36.7. The molecule has 0 radical (unpaired) electrons. The molecule has 0 fully saturated rings. The van der Waals surface area contributed by atoms with Gasteiger partial charge in [0.2, 0.25) is 0 Å². The summed E-state index contributed by atoms with van der Waals surface area (Å²) < 4.78 is 17.4.